The molecule has 8 heteroatoms. The van der Waals surface area contributed by atoms with Crippen molar-refractivity contribution in [2.45, 2.75) is 19.6 Å². The molecule has 0 fully saturated rings. The minimum absolute atomic E-state index is 0.205. The molecule has 0 saturated heterocycles. The van der Waals surface area contributed by atoms with Crippen molar-refractivity contribution < 1.29 is 14.1 Å². The Morgan fingerprint density at radius 1 is 1.52 bits per heavy atom. The van der Waals surface area contributed by atoms with Gasteiger partial charge in [-0.25, -0.2) is 4.98 Å². The zero-order valence-electron chi connectivity index (χ0n) is 13.1. The van der Waals surface area contributed by atoms with Gasteiger partial charge in [0.15, 0.2) is 5.82 Å². The lowest BCUT2D eigenvalue weighted by molar-refractivity contribution is 0.0763. The molecule has 0 aliphatic heterocycles. The Morgan fingerprint density at radius 3 is 3.13 bits per heavy atom. The monoisotopic (exact) mass is 315 g/mol. The quantitative estimate of drug-likeness (QED) is 0.712. The number of fused-ring (bicyclic) bond motifs is 1. The topological polar surface area (TPSA) is 85.8 Å². The highest BCUT2D eigenvalue weighted by molar-refractivity contribution is 5.93. The fourth-order valence-corrected chi connectivity index (χ4v) is 2.13. The van der Waals surface area contributed by atoms with E-state index in [0.717, 1.165) is 5.52 Å². The van der Waals surface area contributed by atoms with Crippen LogP contribution in [0.4, 0.5) is 0 Å². The first-order valence-corrected chi connectivity index (χ1v) is 7.12. The first-order chi connectivity index (χ1) is 11.1. The van der Waals surface area contributed by atoms with Gasteiger partial charge in [0.1, 0.15) is 18.3 Å². The summed E-state index contributed by atoms with van der Waals surface area (Å²) >= 11 is 0. The van der Waals surface area contributed by atoms with Crippen LogP contribution in [0.2, 0.25) is 0 Å². The molecule has 3 aromatic rings. The summed E-state index contributed by atoms with van der Waals surface area (Å²) < 4.78 is 12.1. The van der Waals surface area contributed by atoms with E-state index >= 15 is 0 Å². The van der Waals surface area contributed by atoms with Gasteiger partial charge in [-0.2, -0.15) is 4.98 Å². The second-order valence-corrected chi connectivity index (χ2v) is 5.20. The van der Waals surface area contributed by atoms with Crippen LogP contribution < -0.4 is 0 Å². The fraction of sp³-hybridized carbons (Fsp3) is 0.333. The highest BCUT2D eigenvalue weighted by Crippen LogP contribution is 2.13. The normalized spacial score (nSPS) is 12.5. The number of carbonyl (C=O) groups excluding carboxylic acids is 1. The minimum Gasteiger partial charge on any atom is -0.374 e. The average molecular weight is 315 g/mol. The third kappa shape index (κ3) is 3.07. The summed E-state index contributed by atoms with van der Waals surface area (Å²) in [6.07, 6.45) is 3.23. The number of rotatable bonds is 5. The number of ether oxygens (including phenoxy) is 1. The predicted octanol–water partition coefficient (Wildman–Crippen LogP) is 1.70. The van der Waals surface area contributed by atoms with Gasteiger partial charge in [0, 0.05) is 25.9 Å². The third-order valence-corrected chi connectivity index (χ3v) is 3.56. The van der Waals surface area contributed by atoms with E-state index in [0.29, 0.717) is 17.4 Å². The largest absolute Gasteiger partial charge is 0.374 e. The first-order valence-electron chi connectivity index (χ1n) is 7.12. The lowest BCUT2D eigenvalue weighted by Gasteiger charge is -2.14. The van der Waals surface area contributed by atoms with Crippen LogP contribution in [0.25, 0.3) is 5.52 Å². The molecule has 3 aromatic heterocycles. The van der Waals surface area contributed by atoms with Gasteiger partial charge in [0.25, 0.3) is 5.91 Å². The zero-order valence-corrected chi connectivity index (χ0v) is 13.1. The van der Waals surface area contributed by atoms with Crippen molar-refractivity contribution >= 4 is 11.4 Å². The molecular formula is C15H17N5O3. The lowest BCUT2D eigenvalue weighted by atomic mass is 10.3. The second kappa shape index (κ2) is 6.17. The molecule has 0 bridgehead atoms. The Bertz CT molecular complexity index is 825. The molecule has 3 heterocycles. The van der Waals surface area contributed by atoms with Gasteiger partial charge in [-0.15, -0.1) is 0 Å². The number of amides is 1. The van der Waals surface area contributed by atoms with Crippen molar-refractivity contribution in [2.24, 2.45) is 0 Å². The van der Waals surface area contributed by atoms with Gasteiger partial charge in [0.2, 0.25) is 5.89 Å². The van der Waals surface area contributed by atoms with Crippen LogP contribution in [0.3, 0.4) is 0 Å². The second-order valence-electron chi connectivity index (χ2n) is 5.20. The maximum absolute atomic E-state index is 12.5. The first kappa shape index (κ1) is 15.2. The Labute approximate surface area is 132 Å². The summed E-state index contributed by atoms with van der Waals surface area (Å²) in [6.45, 7) is 2.02. The zero-order chi connectivity index (χ0) is 16.4. The van der Waals surface area contributed by atoms with Crippen LogP contribution in [0.1, 0.15) is 35.2 Å². The van der Waals surface area contributed by atoms with Crippen molar-refractivity contribution in [3.63, 3.8) is 0 Å². The van der Waals surface area contributed by atoms with Crippen molar-refractivity contribution in [1.82, 2.24) is 24.4 Å². The van der Waals surface area contributed by atoms with Crippen LogP contribution in [0, 0.1) is 0 Å². The summed E-state index contributed by atoms with van der Waals surface area (Å²) in [5.41, 5.74) is 1.27. The lowest BCUT2D eigenvalue weighted by Crippen LogP contribution is -2.27. The molecule has 1 amide bonds. The van der Waals surface area contributed by atoms with Crippen LogP contribution >= 0.6 is 0 Å². The van der Waals surface area contributed by atoms with E-state index in [2.05, 4.69) is 15.1 Å². The summed E-state index contributed by atoms with van der Waals surface area (Å²) in [7, 11) is 3.23. The van der Waals surface area contributed by atoms with E-state index in [1.54, 1.807) is 26.6 Å². The molecule has 0 radical (unpaired) electrons. The molecule has 0 N–H and O–H groups in total. The highest BCUT2D eigenvalue weighted by atomic mass is 16.5. The van der Waals surface area contributed by atoms with Gasteiger partial charge < -0.3 is 18.6 Å². The summed E-state index contributed by atoms with van der Waals surface area (Å²) in [4.78, 5) is 22.3. The van der Waals surface area contributed by atoms with E-state index < -0.39 is 0 Å². The van der Waals surface area contributed by atoms with Gasteiger partial charge in [-0.1, -0.05) is 5.16 Å². The van der Waals surface area contributed by atoms with Crippen molar-refractivity contribution in [3.8, 4) is 0 Å². The van der Waals surface area contributed by atoms with Crippen LogP contribution in [0.5, 0.6) is 0 Å². The van der Waals surface area contributed by atoms with E-state index in [-0.39, 0.29) is 18.6 Å². The van der Waals surface area contributed by atoms with Crippen molar-refractivity contribution in [1.29, 1.82) is 0 Å². The third-order valence-electron chi connectivity index (χ3n) is 3.56. The van der Waals surface area contributed by atoms with Gasteiger partial charge in [-0.3, -0.25) is 4.79 Å². The fourth-order valence-electron chi connectivity index (χ4n) is 2.13. The number of nitrogens with zero attached hydrogens (tertiary/aromatic N) is 5. The van der Waals surface area contributed by atoms with Crippen LogP contribution in [-0.4, -0.2) is 44.5 Å². The van der Waals surface area contributed by atoms with Crippen molar-refractivity contribution in [3.05, 3.63) is 48.1 Å². The Balaban J connectivity index is 1.73. The highest BCUT2D eigenvalue weighted by Gasteiger charge is 2.18. The Morgan fingerprint density at radius 2 is 2.35 bits per heavy atom. The van der Waals surface area contributed by atoms with Crippen LogP contribution in [-0.2, 0) is 11.3 Å². The molecule has 23 heavy (non-hydrogen) atoms. The maximum atomic E-state index is 12.5. The van der Waals surface area contributed by atoms with Crippen molar-refractivity contribution in [2.75, 3.05) is 14.2 Å². The molecule has 0 spiro atoms. The number of aromatic nitrogens is 4. The minimum atomic E-state index is -0.257. The number of hydrogen-bond donors (Lipinski definition) is 0. The van der Waals surface area contributed by atoms with E-state index in [9.17, 15) is 4.79 Å². The SMILES string of the molecule is COC(C)c1noc(CN(C)C(=O)c2cc3cccn3cn2)n1. The number of methoxy groups -OCH3 is 1. The van der Waals surface area contributed by atoms with E-state index in [1.807, 2.05) is 29.7 Å². The molecule has 3 rings (SSSR count). The standard InChI is InChI=1S/C15H17N5O3/c1-10(22-3)14-17-13(23-18-14)8-19(2)15(21)12-7-11-5-4-6-20(11)9-16-12/h4-7,9-10H,8H2,1-3H3. The van der Waals surface area contributed by atoms with Gasteiger partial charge in [0.05, 0.1) is 6.33 Å². The molecule has 0 aromatic carbocycles. The Kier molecular flexibility index (Phi) is 4.07. The smallest absolute Gasteiger partial charge is 0.272 e. The molecule has 0 saturated carbocycles. The van der Waals surface area contributed by atoms with E-state index in [1.165, 1.54) is 4.90 Å². The predicted molar refractivity (Wildman–Crippen MR) is 80.7 cm³/mol. The number of carbonyl (C=O) groups is 1. The van der Waals surface area contributed by atoms with Gasteiger partial charge >= 0.3 is 0 Å². The summed E-state index contributed by atoms with van der Waals surface area (Å²) in [6, 6.07) is 5.55. The Hall–Kier alpha value is -2.74. The molecule has 0 aliphatic rings. The summed E-state index contributed by atoms with van der Waals surface area (Å²) in [5.74, 6) is 0.591. The molecule has 120 valence electrons. The average Bonchev–Trinajstić information content (AvgIpc) is 3.21. The van der Waals surface area contributed by atoms with E-state index in [4.69, 9.17) is 9.26 Å². The molecular weight excluding hydrogens is 298 g/mol. The van der Waals surface area contributed by atoms with Crippen LogP contribution in [0.15, 0.2) is 35.2 Å². The maximum Gasteiger partial charge on any atom is 0.272 e. The molecule has 8 nitrogen and oxygen atoms in total. The molecule has 0 aliphatic carbocycles. The number of hydrogen-bond acceptors (Lipinski definition) is 6. The molecule has 1 atom stereocenters. The summed E-state index contributed by atoms with van der Waals surface area (Å²) in [5, 5.41) is 3.84. The van der Waals surface area contributed by atoms with Gasteiger partial charge in [-0.05, 0) is 25.1 Å². The molecule has 1 unspecified atom stereocenters.